The van der Waals surface area contributed by atoms with Crippen LogP contribution in [0.4, 0.5) is 11.4 Å². The van der Waals surface area contributed by atoms with Crippen molar-refractivity contribution in [2.24, 2.45) is 0 Å². The summed E-state index contributed by atoms with van der Waals surface area (Å²) in [5, 5.41) is 13.6. The third-order valence-corrected chi connectivity index (χ3v) is 5.36. The van der Waals surface area contributed by atoms with Crippen LogP contribution in [0.15, 0.2) is 24.3 Å². The maximum absolute atomic E-state index is 12.6. The summed E-state index contributed by atoms with van der Waals surface area (Å²) in [5.74, 6) is -0.0593. The summed E-state index contributed by atoms with van der Waals surface area (Å²) in [6, 6.07) is 6.32. The van der Waals surface area contributed by atoms with E-state index in [0.29, 0.717) is 11.7 Å². The van der Waals surface area contributed by atoms with Crippen LogP contribution in [0, 0.1) is 10.1 Å². The number of amides is 1. The number of hydrogen-bond acceptors (Lipinski definition) is 5. The van der Waals surface area contributed by atoms with Crippen LogP contribution < -0.4 is 5.32 Å². The van der Waals surface area contributed by atoms with Crippen molar-refractivity contribution in [1.29, 1.82) is 0 Å². The average Bonchev–Trinajstić information content (AvgIpc) is 3.16. The molecule has 7 heteroatoms. The van der Waals surface area contributed by atoms with Crippen LogP contribution in [0.2, 0.25) is 0 Å². The van der Waals surface area contributed by atoms with Gasteiger partial charge in [-0.3, -0.25) is 24.7 Å². The minimum absolute atomic E-state index is 0.0236. The number of benzene rings is 1. The molecule has 0 spiro atoms. The van der Waals surface area contributed by atoms with Gasteiger partial charge in [-0.05, 0) is 64.4 Å². The highest BCUT2D eigenvalue weighted by molar-refractivity contribution is 5.94. The Morgan fingerprint density at radius 2 is 1.88 bits per heavy atom. The van der Waals surface area contributed by atoms with Crippen molar-refractivity contribution in [3.05, 3.63) is 34.4 Å². The summed E-state index contributed by atoms with van der Waals surface area (Å²) in [7, 11) is 0. The highest BCUT2D eigenvalue weighted by Crippen LogP contribution is 2.22. The maximum atomic E-state index is 12.6. The number of anilines is 1. The lowest BCUT2D eigenvalue weighted by molar-refractivity contribution is -0.384. The Morgan fingerprint density at radius 1 is 1.20 bits per heavy atom. The lowest BCUT2D eigenvalue weighted by Crippen LogP contribution is -2.52. The van der Waals surface area contributed by atoms with E-state index < -0.39 is 4.92 Å². The molecular formula is C18H26N4O3. The molecule has 0 unspecified atom stereocenters. The van der Waals surface area contributed by atoms with E-state index in [1.165, 1.54) is 44.5 Å². The second-order valence-electron chi connectivity index (χ2n) is 7.00. The maximum Gasteiger partial charge on any atom is 0.269 e. The topological polar surface area (TPSA) is 78.7 Å². The van der Waals surface area contributed by atoms with Gasteiger partial charge in [0.2, 0.25) is 5.91 Å². The number of non-ortho nitro benzene ring substituents is 1. The number of carbonyl (C=O) groups is 1. The highest BCUT2D eigenvalue weighted by Gasteiger charge is 2.31. The summed E-state index contributed by atoms with van der Waals surface area (Å²) < 4.78 is 0. The standard InChI is InChI=1S/C18H26N4O3/c1-14(18(23)19-15-6-8-16(9-7-15)22(24)25)21-12-4-5-17(13-21)20-10-2-3-11-20/h6-9,14,17H,2-5,10-13H2,1H3,(H,19,23)/t14-,17-/m0/s1. The van der Waals surface area contributed by atoms with Crippen LogP contribution in [0.3, 0.4) is 0 Å². The van der Waals surface area contributed by atoms with Gasteiger partial charge in [-0.25, -0.2) is 0 Å². The van der Waals surface area contributed by atoms with Crippen molar-refractivity contribution in [3.8, 4) is 0 Å². The number of nitro groups is 1. The van der Waals surface area contributed by atoms with Gasteiger partial charge < -0.3 is 5.32 Å². The minimum atomic E-state index is -0.444. The Balaban J connectivity index is 1.56. The number of hydrogen-bond donors (Lipinski definition) is 1. The highest BCUT2D eigenvalue weighted by atomic mass is 16.6. The molecule has 0 aliphatic carbocycles. The smallest absolute Gasteiger partial charge is 0.269 e. The van der Waals surface area contributed by atoms with Gasteiger partial charge in [0.05, 0.1) is 11.0 Å². The number of rotatable bonds is 5. The number of carbonyl (C=O) groups excluding carboxylic acids is 1. The zero-order chi connectivity index (χ0) is 17.8. The molecule has 2 heterocycles. The Bertz CT molecular complexity index is 613. The molecule has 2 atom stereocenters. The molecule has 1 amide bonds. The fourth-order valence-corrected chi connectivity index (χ4v) is 3.82. The summed E-state index contributed by atoms with van der Waals surface area (Å²) in [4.78, 5) is 27.6. The molecule has 1 aromatic carbocycles. The van der Waals surface area contributed by atoms with Gasteiger partial charge in [0.1, 0.15) is 0 Å². The number of piperidine rings is 1. The number of nitrogens with zero attached hydrogens (tertiary/aromatic N) is 3. The number of likely N-dealkylation sites (tertiary alicyclic amines) is 2. The van der Waals surface area contributed by atoms with Crippen molar-refractivity contribution in [1.82, 2.24) is 9.80 Å². The van der Waals surface area contributed by atoms with Gasteiger partial charge in [-0.2, -0.15) is 0 Å². The van der Waals surface area contributed by atoms with E-state index in [1.54, 1.807) is 12.1 Å². The van der Waals surface area contributed by atoms with Crippen molar-refractivity contribution >= 4 is 17.3 Å². The van der Waals surface area contributed by atoms with Gasteiger partial charge in [0, 0.05) is 30.4 Å². The Kier molecular flexibility index (Phi) is 5.65. The predicted molar refractivity (Wildman–Crippen MR) is 96.6 cm³/mol. The van der Waals surface area contributed by atoms with Crippen molar-refractivity contribution < 1.29 is 9.72 Å². The van der Waals surface area contributed by atoms with Crippen molar-refractivity contribution in [2.75, 3.05) is 31.5 Å². The Morgan fingerprint density at radius 3 is 2.52 bits per heavy atom. The molecule has 0 saturated carbocycles. The molecule has 0 bridgehead atoms. The molecule has 1 aromatic rings. The third-order valence-electron chi connectivity index (χ3n) is 5.36. The van der Waals surface area contributed by atoms with Crippen LogP contribution in [0.1, 0.15) is 32.6 Å². The molecule has 2 fully saturated rings. The fourth-order valence-electron chi connectivity index (χ4n) is 3.82. The minimum Gasteiger partial charge on any atom is -0.325 e. The second-order valence-corrected chi connectivity index (χ2v) is 7.00. The molecule has 2 aliphatic rings. The molecular weight excluding hydrogens is 320 g/mol. The van der Waals surface area contributed by atoms with Gasteiger partial charge >= 0.3 is 0 Å². The first-order valence-corrected chi connectivity index (χ1v) is 9.08. The molecule has 25 heavy (non-hydrogen) atoms. The molecule has 7 nitrogen and oxygen atoms in total. The Labute approximate surface area is 148 Å². The quantitative estimate of drug-likeness (QED) is 0.654. The largest absolute Gasteiger partial charge is 0.325 e. The first kappa shape index (κ1) is 17.8. The van der Waals surface area contributed by atoms with Crippen LogP contribution in [-0.4, -0.2) is 58.9 Å². The lowest BCUT2D eigenvalue weighted by atomic mass is 10.0. The zero-order valence-corrected chi connectivity index (χ0v) is 14.7. The van der Waals surface area contributed by atoms with E-state index in [0.717, 1.165) is 19.5 Å². The zero-order valence-electron chi connectivity index (χ0n) is 14.7. The van der Waals surface area contributed by atoms with Crippen LogP contribution >= 0.6 is 0 Å². The van der Waals surface area contributed by atoms with E-state index in [1.807, 2.05) is 6.92 Å². The van der Waals surface area contributed by atoms with Crippen LogP contribution in [-0.2, 0) is 4.79 Å². The predicted octanol–water partition coefficient (Wildman–Crippen LogP) is 2.48. The number of nitro benzene ring substituents is 1. The van der Waals surface area contributed by atoms with Gasteiger partial charge in [-0.1, -0.05) is 0 Å². The normalized spacial score (nSPS) is 23.3. The lowest BCUT2D eigenvalue weighted by Gasteiger charge is -2.39. The van der Waals surface area contributed by atoms with E-state index in [9.17, 15) is 14.9 Å². The summed E-state index contributed by atoms with van der Waals surface area (Å²) >= 11 is 0. The molecule has 136 valence electrons. The van der Waals surface area contributed by atoms with Gasteiger partial charge in [-0.15, -0.1) is 0 Å². The molecule has 3 rings (SSSR count). The molecule has 2 aliphatic heterocycles. The summed E-state index contributed by atoms with van der Waals surface area (Å²) in [6.07, 6.45) is 4.91. The SMILES string of the molecule is C[C@@H](C(=O)Nc1ccc([N+](=O)[O-])cc1)N1CCC[C@H](N2CCCC2)C1. The summed E-state index contributed by atoms with van der Waals surface area (Å²) in [5.41, 5.74) is 0.617. The first-order chi connectivity index (χ1) is 12.0. The number of nitrogens with one attached hydrogen (secondary N) is 1. The monoisotopic (exact) mass is 346 g/mol. The molecule has 0 aromatic heterocycles. The first-order valence-electron chi connectivity index (χ1n) is 9.08. The molecule has 0 radical (unpaired) electrons. The van der Waals surface area contributed by atoms with E-state index >= 15 is 0 Å². The van der Waals surface area contributed by atoms with Crippen molar-refractivity contribution in [3.63, 3.8) is 0 Å². The van der Waals surface area contributed by atoms with Gasteiger partial charge in [0.15, 0.2) is 0 Å². The molecule has 1 N–H and O–H groups in total. The van der Waals surface area contributed by atoms with E-state index in [4.69, 9.17) is 0 Å². The summed E-state index contributed by atoms with van der Waals surface area (Å²) in [6.45, 7) is 6.19. The molecule has 2 saturated heterocycles. The van der Waals surface area contributed by atoms with Gasteiger partial charge in [0.25, 0.3) is 5.69 Å². The Hall–Kier alpha value is -1.99. The average molecular weight is 346 g/mol. The van der Waals surface area contributed by atoms with E-state index in [-0.39, 0.29) is 17.6 Å². The third kappa shape index (κ3) is 4.35. The van der Waals surface area contributed by atoms with Crippen LogP contribution in [0.5, 0.6) is 0 Å². The van der Waals surface area contributed by atoms with E-state index in [2.05, 4.69) is 15.1 Å². The van der Waals surface area contributed by atoms with Crippen LogP contribution in [0.25, 0.3) is 0 Å². The fraction of sp³-hybridized carbons (Fsp3) is 0.611. The van der Waals surface area contributed by atoms with Crippen molar-refractivity contribution in [2.45, 2.75) is 44.7 Å². The second kappa shape index (κ2) is 7.93.